The fourth-order valence-corrected chi connectivity index (χ4v) is 4.92. The number of carbonyl (C=O) groups is 1. The third-order valence-electron chi connectivity index (χ3n) is 4.10. The largest absolute Gasteiger partial charge is 0.465 e. The molecule has 0 N–H and O–H groups in total. The SMILES string of the molecule is COC(=O)c1c(OCOCC[Si](C)(C)C)c(Cl)cc(I)c1OCOCC[Si](C)(C)C. The van der Waals surface area contributed by atoms with E-state index in [0.29, 0.717) is 27.6 Å². The van der Waals surface area contributed by atoms with Crippen molar-refractivity contribution in [3.63, 3.8) is 0 Å². The van der Waals surface area contributed by atoms with Crippen LogP contribution in [-0.4, -0.2) is 56.0 Å². The molecule has 0 spiro atoms. The van der Waals surface area contributed by atoms with Crippen LogP contribution >= 0.6 is 34.2 Å². The summed E-state index contributed by atoms with van der Waals surface area (Å²) in [4.78, 5) is 12.5. The van der Waals surface area contributed by atoms with Crippen LogP contribution in [0.15, 0.2) is 6.07 Å². The normalized spacial score (nSPS) is 12.0. The maximum Gasteiger partial charge on any atom is 0.345 e. The van der Waals surface area contributed by atoms with Gasteiger partial charge in [0.15, 0.2) is 25.1 Å². The highest BCUT2D eigenvalue weighted by Gasteiger charge is 2.26. The van der Waals surface area contributed by atoms with E-state index in [0.717, 1.165) is 12.1 Å². The van der Waals surface area contributed by atoms with Gasteiger partial charge in [0.05, 0.1) is 15.7 Å². The van der Waals surface area contributed by atoms with E-state index < -0.39 is 22.1 Å². The summed E-state index contributed by atoms with van der Waals surface area (Å²) in [5.74, 6) is -0.0735. The lowest BCUT2D eigenvalue weighted by molar-refractivity contribution is 0.0151. The Hall–Kier alpha value is -0.336. The van der Waals surface area contributed by atoms with E-state index in [-0.39, 0.29) is 24.9 Å². The highest BCUT2D eigenvalue weighted by Crippen LogP contribution is 2.40. The van der Waals surface area contributed by atoms with E-state index in [1.807, 2.05) is 0 Å². The van der Waals surface area contributed by atoms with Crippen LogP contribution in [0, 0.1) is 3.57 Å². The second-order valence-electron chi connectivity index (χ2n) is 9.33. The Morgan fingerprint density at radius 1 is 0.933 bits per heavy atom. The molecule has 10 heteroatoms. The number of carbonyl (C=O) groups excluding carboxylic acids is 1. The molecule has 0 aliphatic carbocycles. The Bertz CT molecular complexity index is 656. The maximum atomic E-state index is 12.5. The molecule has 0 amide bonds. The molecule has 1 aromatic carbocycles. The van der Waals surface area contributed by atoms with Crippen LogP contribution in [-0.2, 0) is 14.2 Å². The Morgan fingerprint density at radius 2 is 1.40 bits per heavy atom. The highest BCUT2D eigenvalue weighted by molar-refractivity contribution is 14.1. The van der Waals surface area contributed by atoms with Crippen molar-refractivity contribution < 1.29 is 28.5 Å². The van der Waals surface area contributed by atoms with Crippen LogP contribution in [0.5, 0.6) is 11.5 Å². The summed E-state index contributed by atoms with van der Waals surface area (Å²) in [6, 6.07) is 3.73. The summed E-state index contributed by atoms with van der Waals surface area (Å²) in [5.41, 5.74) is 0.136. The Balaban J connectivity index is 2.89. The molecule has 0 heterocycles. The second-order valence-corrected chi connectivity index (χ2v) is 22.1. The minimum absolute atomic E-state index is 0.0130. The van der Waals surface area contributed by atoms with Gasteiger partial charge in [0.2, 0.25) is 0 Å². The summed E-state index contributed by atoms with van der Waals surface area (Å²) in [6.07, 6.45) is 0. The Kier molecular flexibility index (Phi) is 11.7. The summed E-state index contributed by atoms with van der Waals surface area (Å²) in [6.45, 7) is 14.9. The van der Waals surface area contributed by atoms with E-state index in [2.05, 4.69) is 61.9 Å². The molecule has 30 heavy (non-hydrogen) atoms. The molecule has 0 aromatic heterocycles. The molecule has 1 aromatic rings. The zero-order chi connectivity index (χ0) is 22.9. The number of halogens is 2. The van der Waals surface area contributed by atoms with E-state index in [4.69, 9.17) is 35.3 Å². The van der Waals surface area contributed by atoms with Gasteiger partial charge in [0.1, 0.15) is 5.56 Å². The molecule has 0 aliphatic heterocycles. The van der Waals surface area contributed by atoms with Gasteiger partial charge in [-0.25, -0.2) is 4.79 Å². The standard InChI is InChI=1S/C20H34ClIO6Si2/c1-24-20(23)17-18(27-13-25-8-10-29(2,3)4)15(21)12-16(22)19(17)28-14-26-9-11-30(5,6)7/h12H,8-11,13-14H2,1-7H3. The van der Waals surface area contributed by atoms with Gasteiger partial charge in [-0.3, -0.25) is 0 Å². The number of rotatable bonds is 13. The van der Waals surface area contributed by atoms with Gasteiger partial charge in [-0.1, -0.05) is 50.9 Å². The van der Waals surface area contributed by atoms with Crippen molar-refractivity contribution in [1.29, 1.82) is 0 Å². The van der Waals surface area contributed by atoms with Crippen molar-refractivity contribution in [3.8, 4) is 11.5 Å². The summed E-state index contributed by atoms with van der Waals surface area (Å²) in [5, 5.41) is 0.292. The minimum atomic E-state index is -1.20. The van der Waals surface area contributed by atoms with Gasteiger partial charge < -0.3 is 23.7 Å². The van der Waals surface area contributed by atoms with Gasteiger partial charge >= 0.3 is 5.97 Å². The molecular formula is C20H34ClIO6Si2. The molecule has 6 nitrogen and oxygen atoms in total. The zero-order valence-electron chi connectivity index (χ0n) is 19.0. The zero-order valence-corrected chi connectivity index (χ0v) is 23.9. The van der Waals surface area contributed by atoms with Crippen molar-refractivity contribution >= 4 is 56.3 Å². The van der Waals surface area contributed by atoms with E-state index in [9.17, 15) is 4.79 Å². The van der Waals surface area contributed by atoms with Crippen molar-refractivity contribution in [3.05, 3.63) is 20.2 Å². The average Bonchev–Trinajstić information content (AvgIpc) is 2.61. The van der Waals surface area contributed by atoms with Gasteiger partial charge in [0, 0.05) is 29.4 Å². The van der Waals surface area contributed by atoms with E-state index in [1.54, 1.807) is 6.07 Å². The van der Waals surface area contributed by atoms with Crippen molar-refractivity contribution in [1.82, 2.24) is 0 Å². The number of benzene rings is 1. The quantitative estimate of drug-likeness (QED) is 0.0911. The number of esters is 1. The van der Waals surface area contributed by atoms with Crippen LogP contribution in [0.3, 0.4) is 0 Å². The molecule has 0 unspecified atom stereocenters. The van der Waals surface area contributed by atoms with Gasteiger partial charge in [-0.2, -0.15) is 0 Å². The van der Waals surface area contributed by atoms with Gasteiger partial charge in [-0.15, -0.1) is 0 Å². The van der Waals surface area contributed by atoms with Crippen molar-refractivity contribution in [2.75, 3.05) is 33.9 Å². The fourth-order valence-electron chi connectivity index (χ4n) is 2.23. The number of methoxy groups -OCH3 is 1. The first-order chi connectivity index (χ1) is 13.9. The van der Waals surface area contributed by atoms with Gasteiger partial charge in [-0.05, 0) is 40.7 Å². The Labute approximate surface area is 201 Å². The van der Waals surface area contributed by atoms with Crippen LogP contribution < -0.4 is 9.47 Å². The Morgan fingerprint density at radius 3 is 1.83 bits per heavy atom. The smallest absolute Gasteiger partial charge is 0.345 e. The summed E-state index contributed by atoms with van der Waals surface area (Å²) < 4.78 is 28.3. The molecule has 172 valence electrons. The molecular weight excluding hydrogens is 555 g/mol. The molecule has 0 radical (unpaired) electrons. The van der Waals surface area contributed by atoms with Crippen molar-refractivity contribution in [2.45, 2.75) is 51.4 Å². The number of ether oxygens (including phenoxy) is 5. The third kappa shape index (κ3) is 10.3. The van der Waals surface area contributed by atoms with Gasteiger partial charge in [0.25, 0.3) is 0 Å². The van der Waals surface area contributed by atoms with Crippen LogP contribution in [0.2, 0.25) is 56.4 Å². The average molecular weight is 589 g/mol. The minimum Gasteiger partial charge on any atom is -0.465 e. The molecule has 0 saturated heterocycles. The monoisotopic (exact) mass is 588 g/mol. The second kappa shape index (κ2) is 12.6. The van der Waals surface area contributed by atoms with Crippen LogP contribution in [0.25, 0.3) is 0 Å². The lowest BCUT2D eigenvalue weighted by Crippen LogP contribution is -2.22. The third-order valence-corrected chi connectivity index (χ3v) is 8.59. The first kappa shape index (κ1) is 27.7. The molecule has 0 saturated carbocycles. The predicted molar refractivity (Wildman–Crippen MR) is 135 cm³/mol. The lowest BCUT2D eigenvalue weighted by atomic mass is 10.1. The molecule has 1 rings (SSSR count). The van der Waals surface area contributed by atoms with Crippen LogP contribution in [0.1, 0.15) is 10.4 Å². The molecule has 0 aliphatic rings. The molecule has 0 fully saturated rings. The van der Waals surface area contributed by atoms with E-state index in [1.165, 1.54) is 7.11 Å². The fraction of sp³-hybridized carbons (Fsp3) is 0.650. The summed E-state index contributed by atoms with van der Waals surface area (Å²) >= 11 is 8.42. The summed E-state index contributed by atoms with van der Waals surface area (Å²) in [7, 11) is -1.08. The maximum absolute atomic E-state index is 12.5. The predicted octanol–water partition coefficient (Wildman–Crippen LogP) is 6.11. The molecule has 0 atom stereocenters. The van der Waals surface area contributed by atoms with Crippen molar-refractivity contribution in [2.24, 2.45) is 0 Å². The van der Waals surface area contributed by atoms with Crippen LogP contribution in [0.4, 0.5) is 0 Å². The lowest BCUT2D eigenvalue weighted by Gasteiger charge is -2.19. The number of hydrogen-bond donors (Lipinski definition) is 0. The highest BCUT2D eigenvalue weighted by atomic mass is 127. The molecule has 0 bridgehead atoms. The topological polar surface area (TPSA) is 63.2 Å². The van der Waals surface area contributed by atoms with E-state index >= 15 is 0 Å². The first-order valence-electron chi connectivity index (χ1n) is 9.87. The number of hydrogen-bond acceptors (Lipinski definition) is 6. The first-order valence-corrected chi connectivity index (χ1v) is 18.7.